The first-order chi connectivity index (χ1) is 15.6. The minimum Gasteiger partial charge on any atom is -0.496 e. The lowest BCUT2D eigenvalue weighted by Gasteiger charge is -2.16. The number of allylic oxidation sites excluding steroid dienone is 2. The highest BCUT2D eigenvalue weighted by Gasteiger charge is 2.08. The zero-order valence-electron chi connectivity index (χ0n) is 21.8. The summed E-state index contributed by atoms with van der Waals surface area (Å²) >= 11 is 0. The van der Waals surface area contributed by atoms with Crippen molar-refractivity contribution in [3.63, 3.8) is 0 Å². The van der Waals surface area contributed by atoms with Gasteiger partial charge in [0.1, 0.15) is 19.3 Å². The molecule has 0 bridgehead atoms. The Bertz CT molecular complexity index is 381. The van der Waals surface area contributed by atoms with Crippen LogP contribution in [-0.4, -0.2) is 24.4 Å². The maximum Gasteiger partial charge on any atom is 0.122 e. The molecular weight excluding hydrogens is 396 g/mol. The van der Waals surface area contributed by atoms with E-state index in [-0.39, 0.29) is 13.2 Å². The lowest BCUT2D eigenvalue weighted by molar-refractivity contribution is 0.0150. The molecule has 0 aliphatic rings. The summed E-state index contributed by atoms with van der Waals surface area (Å²) in [7, 11) is 0. The van der Waals surface area contributed by atoms with E-state index in [0.717, 1.165) is 37.2 Å². The molecule has 0 heterocycles. The molecule has 0 saturated heterocycles. The molecule has 0 aliphatic carbocycles. The Hall–Kier alpha value is -0.960. The molecule has 1 N–H and O–H groups in total. The lowest BCUT2D eigenvalue weighted by atomic mass is 10.1. The topological polar surface area (TPSA) is 38.7 Å². The van der Waals surface area contributed by atoms with Crippen LogP contribution in [-0.2, 0) is 9.47 Å². The third-order valence-electron chi connectivity index (χ3n) is 6.08. The molecular formula is C29H56O3. The Morgan fingerprint density at radius 2 is 0.812 bits per heavy atom. The van der Waals surface area contributed by atoms with E-state index >= 15 is 0 Å². The van der Waals surface area contributed by atoms with Crippen molar-refractivity contribution in [3.8, 4) is 0 Å². The van der Waals surface area contributed by atoms with Gasteiger partial charge in [-0.15, -0.1) is 0 Å². The van der Waals surface area contributed by atoms with Crippen LogP contribution >= 0.6 is 0 Å². The minimum atomic E-state index is -0.630. The number of hydrogen-bond donors (Lipinski definition) is 1. The molecule has 32 heavy (non-hydrogen) atoms. The summed E-state index contributed by atoms with van der Waals surface area (Å²) in [6.07, 6.45) is 24.8. The van der Waals surface area contributed by atoms with E-state index in [9.17, 15) is 5.11 Å². The summed E-state index contributed by atoms with van der Waals surface area (Å²) in [6, 6.07) is 0. The number of aliphatic hydroxyl groups is 1. The second-order valence-corrected chi connectivity index (χ2v) is 9.51. The van der Waals surface area contributed by atoms with Crippen LogP contribution in [0, 0.1) is 0 Å². The van der Waals surface area contributed by atoms with E-state index in [1.54, 1.807) is 0 Å². The van der Waals surface area contributed by atoms with E-state index < -0.39 is 6.10 Å². The Balaban J connectivity index is 3.45. The van der Waals surface area contributed by atoms with Crippen molar-refractivity contribution in [2.45, 2.75) is 148 Å². The van der Waals surface area contributed by atoms with E-state index in [2.05, 4.69) is 27.0 Å². The summed E-state index contributed by atoms with van der Waals surface area (Å²) in [5.74, 6) is 1.56. The normalized spacial score (nSPS) is 11.1. The molecule has 0 amide bonds. The molecule has 3 nitrogen and oxygen atoms in total. The van der Waals surface area contributed by atoms with Crippen LogP contribution in [0.1, 0.15) is 142 Å². The van der Waals surface area contributed by atoms with E-state index in [1.165, 1.54) is 103 Å². The Labute approximate surface area is 201 Å². The Kier molecular flexibility index (Phi) is 23.9. The van der Waals surface area contributed by atoms with Gasteiger partial charge in [-0.1, -0.05) is 130 Å². The van der Waals surface area contributed by atoms with Gasteiger partial charge in [0.2, 0.25) is 0 Å². The highest BCUT2D eigenvalue weighted by Crippen LogP contribution is 2.15. The SMILES string of the molecule is C=C(CCCCCCCCCCC)OCC(O)COC(=C)CCCCCCCCCCC. The number of hydrogen-bond acceptors (Lipinski definition) is 3. The zero-order chi connectivity index (χ0) is 23.7. The summed E-state index contributed by atoms with van der Waals surface area (Å²) in [5.41, 5.74) is 0. The van der Waals surface area contributed by atoms with Gasteiger partial charge < -0.3 is 14.6 Å². The van der Waals surface area contributed by atoms with Crippen LogP contribution in [0.15, 0.2) is 24.7 Å². The summed E-state index contributed by atoms with van der Waals surface area (Å²) in [5, 5.41) is 10.1. The number of aliphatic hydroxyl groups excluding tert-OH is 1. The molecule has 0 saturated carbocycles. The maximum absolute atomic E-state index is 10.1. The van der Waals surface area contributed by atoms with Crippen LogP contribution in [0.2, 0.25) is 0 Å². The quantitative estimate of drug-likeness (QED) is 0.105. The van der Waals surface area contributed by atoms with E-state index in [0.29, 0.717) is 0 Å². The molecule has 0 aliphatic heterocycles. The first kappa shape index (κ1) is 31.0. The molecule has 0 fully saturated rings. The van der Waals surface area contributed by atoms with Crippen LogP contribution < -0.4 is 0 Å². The van der Waals surface area contributed by atoms with Crippen molar-refractivity contribution in [1.29, 1.82) is 0 Å². The van der Waals surface area contributed by atoms with Crippen molar-refractivity contribution in [2.24, 2.45) is 0 Å². The first-order valence-corrected chi connectivity index (χ1v) is 13.9. The summed E-state index contributed by atoms with van der Waals surface area (Å²) < 4.78 is 11.2. The highest BCUT2D eigenvalue weighted by molar-refractivity contribution is 4.84. The molecule has 190 valence electrons. The predicted octanol–water partition coefficient (Wildman–Crippen LogP) is 9.25. The highest BCUT2D eigenvalue weighted by atomic mass is 16.5. The van der Waals surface area contributed by atoms with Gasteiger partial charge in [0.25, 0.3) is 0 Å². The monoisotopic (exact) mass is 452 g/mol. The summed E-state index contributed by atoms with van der Waals surface area (Å²) in [6.45, 7) is 13.0. The smallest absolute Gasteiger partial charge is 0.122 e. The molecule has 0 aromatic heterocycles. The Morgan fingerprint density at radius 3 is 1.12 bits per heavy atom. The van der Waals surface area contributed by atoms with Crippen molar-refractivity contribution in [1.82, 2.24) is 0 Å². The molecule has 3 heteroatoms. The van der Waals surface area contributed by atoms with Gasteiger partial charge in [0.15, 0.2) is 0 Å². The molecule has 0 aromatic rings. The second-order valence-electron chi connectivity index (χ2n) is 9.51. The number of ether oxygens (including phenoxy) is 2. The van der Waals surface area contributed by atoms with E-state index in [1.807, 2.05) is 0 Å². The largest absolute Gasteiger partial charge is 0.496 e. The maximum atomic E-state index is 10.1. The molecule has 0 radical (unpaired) electrons. The van der Waals surface area contributed by atoms with Gasteiger partial charge in [-0.3, -0.25) is 0 Å². The zero-order valence-corrected chi connectivity index (χ0v) is 21.8. The molecule has 0 rings (SSSR count). The summed E-state index contributed by atoms with van der Waals surface area (Å²) in [4.78, 5) is 0. The predicted molar refractivity (Wildman–Crippen MR) is 140 cm³/mol. The standard InChI is InChI=1S/C29H56O3/c1-5-7-9-11-13-15-17-19-21-23-27(3)31-25-29(30)26-32-28(4)24-22-20-18-16-14-12-10-8-6-2/h29-30H,3-26H2,1-2H3. The fraction of sp³-hybridized carbons (Fsp3) is 0.862. The molecule has 0 aromatic carbocycles. The third kappa shape index (κ3) is 23.7. The lowest BCUT2D eigenvalue weighted by Crippen LogP contribution is -2.21. The second kappa shape index (κ2) is 24.7. The van der Waals surface area contributed by atoms with Gasteiger partial charge in [-0.2, -0.15) is 0 Å². The van der Waals surface area contributed by atoms with Gasteiger partial charge in [-0.25, -0.2) is 0 Å². The van der Waals surface area contributed by atoms with Gasteiger partial charge >= 0.3 is 0 Å². The fourth-order valence-electron chi connectivity index (χ4n) is 3.89. The average molecular weight is 453 g/mol. The minimum absolute atomic E-state index is 0.252. The van der Waals surface area contributed by atoms with Crippen molar-refractivity contribution in [2.75, 3.05) is 13.2 Å². The molecule has 0 spiro atoms. The number of unbranched alkanes of at least 4 members (excludes halogenated alkanes) is 16. The van der Waals surface area contributed by atoms with Gasteiger partial charge in [0, 0.05) is 12.8 Å². The van der Waals surface area contributed by atoms with Gasteiger partial charge in [0.05, 0.1) is 11.5 Å². The van der Waals surface area contributed by atoms with Crippen LogP contribution in [0.3, 0.4) is 0 Å². The van der Waals surface area contributed by atoms with Crippen LogP contribution in [0.5, 0.6) is 0 Å². The van der Waals surface area contributed by atoms with Gasteiger partial charge in [-0.05, 0) is 12.8 Å². The third-order valence-corrected chi connectivity index (χ3v) is 6.08. The Morgan fingerprint density at radius 1 is 0.531 bits per heavy atom. The number of rotatable bonds is 26. The average Bonchev–Trinajstić information content (AvgIpc) is 2.79. The first-order valence-electron chi connectivity index (χ1n) is 13.9. The van der Waals surface area contributed by atoms with Crippen molar-refractivity contribution < 1.29 is 14.6 Å². The van der Waals surface area contributed by atoms with Crippen LogP contribution in [0.25, 0.3) is 0 Å². The molecule has 0 atom stereocenters. The fourth-order valence-corrected chi connectivity index (χ4v) is 3.89. The van der Waals surface area contributed by atoms with Crippen molar-refractivity contribution in [3.05, 3.63) is 24.7 Å². The van der Waals surface area contributed by atoms with Crippen molar-refractivity contribution >= 4 is 0 Å². The van der Waals surface area contributed by atoms with Crippen LogP contribution in [0.4, 0.5) is 0 Å². The van der Waals surface area contributed by atoms with E-state index in [4.69, 9.17) is 9.47 Å². The molecule has 0 unspecified atom stereocenters.